The average molecular weight is 238 g/mol. The molecule has 0 aliphatic carbocycles. The summed E-state index contributed by atoms with van der Waals surface area (Å²) >= 11 is 3.43. The Kier molecular flexibility index (Phi) is 2.14. The smallest absolute Gasteiger partial charge is 0.111 e. The van der Waals surface area contributed by atoms with E-state index in [0.717, 1.165) is 16.1 Å². The highest BCUT2D eigenvalue weighted by atomic mass is 79.9. The number of hydrogen-bond acceptors (Lipinski definition) is 2. The lowest BCUT2D eigenvalue weighted by Gasteiger charge is -2.04. The van der Waals surface area contributed by atoms with Gasteiger partial charge in [-0.05, 0) is 35.0 Å². The van der Waals surface area contributed by atoms with Gasteiger partial charge < -0.3 is 0 Å². The Balaban J connectivity index is 2.59. The van der Waals surface area contributed by atoms with E-state index < -0.39 is 0 Å². The second-order valence-corrected chi connectivity index (χ2v) is 3.49. The second kappa shape index (κ2) is 3.30. The van der Waals surface area contributed by atoms with E-state index in [0.29, 0.717) is 0 Å². The Bertz CT molecular complexity index is 389. The first kappa shape index (κ1) is 8.44. The number of imidazole rings is 1. The predicted octanol–water partition coefficient (Wildman–Crippen LogP) is 2.34. The van der Waals surface area contributed by atoms with Crippen LogP contribution in [-0.2, 0) is 0 Å². The summed E-state index contributed by atoms with van der Waals surface area (Å²) < 4.78 is 2.94. The molecule has 0 radical (unpaired) electrons. The number of halogens is 1. The van der Waals surface area contributed by atoms with Gasteiger partial charge in [-0.25, -0.2) is 4.98 Å². The molecule has 0 bridgehead atoms. The van der Waals surface area contributed by atoms with Crippen molar-refractivity contribution in [3.63, 3.8) is 0 Å². The van der Waals surface area contributed by atoms with Gasteiger partial charge in [0.05, 0.1) is 18.1 Å². The van der Waals surface area contributed by atoms with Gasteiger partial charge >= 0.3 is 0 Å². The summed E-state index contributed by atoms with van der Waals surface area (Å²) in [7, 11) is 0. The van der Waals surface area contributed by atoms with Crippen LogP contribution in [0.5, 0.6) is 0 Å². The number of hydrogen-bond donors (Lipinski definition) is 0. The van der Waals surface area contributed by atoms with E-state index in [9.17, 15) is 0 Å². The monoisotopic (exact) mass is 237 g/mol. The minimum Gasteiger partial charge on any atom is -0.289 e. The molecule has 2 rings (SSSR count). The number of aryl methyl sites for hydroxylation is 1. The summed E-state index contributed by atoms with van der Waals surface area (Å²) in [6.45, 7) is 1.96. The van der Waals surface area contributed by atoms with Gasteiger partial charge in [0.15, 0.2) is 0 Å². The van der Waals surface area contributed by atoms with Crippen molar-refractivity contribution in [2.75, 3.05) is 0 Å². The van der Waals surface area contributed by atoms with Crippen LogP contribution in [0.3, 0.4) is 0 Å². The molecule has 3 nitrogen and oxygen atoms in total. The van der Waals surface area contributed by atoms with E-state index >= 15 is 0 Å². The molecule has 0 spiro atoms. The maximum atomic E-state index is 4.18. The van der Waals surface area contributed by atoms with E-state index in [-0.39, 0.29) is 0 Å². The zero-order valence-corrected chi connectivity index (χ0v) is 8.69. The summed E-state index contributed by atoms with van der Waals surface area (Å²) in [6, 6.07) is 3.90. The van der Waals surface area contributed by atoms with Crippen LogP contribution in [0.15, 0.2) is 35.3 Å². The summed E-state index contributed by atoms with van der Waals surface area (Å²) in [6.07, 6.45) is 5.34. The largest absolute Gasteiger partial charge is 0.289 e. The highest BCUT2D eigenvalue weighted by molar-refractivity contribution is 9.10. The molecule has 0 amide bonds. The molecule has 4 heteroatoms. The van der Waals surface area contributed by atoms with Crippen LogP contribution in [-0.4, -0.2) is 14.5 Å². The van der Waals surface area contributed by atoms with Crippen molar-refractivity contribution in [1.82, 2.24) is 14.5 Å². The number of rotatable bonds is 1. The molecule has 0 saturated heterocycles. The van der Waals surface area contributed by atoms with E-state index in [1.807, 2.05) is 23.6 Å². The molecular formula is C9H8BrN3. The highest BCUT2D eigenvalue weighted by Gasteiger charge is 2.04. The van der Waals surface area contributed by atoms with Crippen molar-refractivity contribution in [2.45, 2.75) is 6.92 Å². The molecule has 2 aromatic heterocycles. The van der Waals surface area contributed by atoms with Gasteiger partial charge in [-0.1, -0.05) is 0 Å². The fourth-order valence-electron chi connectivity index (χ4n) is 1.21. The maximum absolute atomic E-state index is 4.18. The van der Waals surface area contributed by atoms with Gasteiger partial charge in [0, 0.05) is 6.20 Å². The Morgan fingerprint density at radius 1 is 1.38 bits per heavy atom. The standard InChI is InChI=1S/C9H8BrN3/c1-7-12-6-9(10)13(7)8-3-2-4-11-5-8/h2-6H,1H3. The Morgan fingerprint density at radius 2 is 2.23 bits per heavy atom. The van der Waals surface area contributed by atoms with E-state index in [1.165, 1.54) is 0 Å². The average Bonchev–Trinajstić information content (AvgIpc) is 2.48. The molecule has 0 fully saturated rings. The molecule has 2 aromatic rings. The first-order valence-electron chi connectivity index (χ1n) is 3.89. The first-order chi connectivity index (χ1) is 6.29. The third-order valence-corrected chi connectivity index (χ3v) is 2.36. The van der Waals surface area contributed by atoms with E-state index in [4.69, 9.17) is 0 Å². The number of nitrogens with zero attached hydrogens (tertiary/aromatic N) is 3. The predicted molar refractivity (Wildman–Crippen MR) is 53.8 cm³/mol. The van der Waals surface area contributed by atoms with Crippen molar-refractivity contribution in [2.24, 2.45) is 0 Å². The normalized spacial score (nSPS) is 10.3. The van der Waals surface area contributed by atoms with Crippen LogP contribution < -0.4 is 0 Å². The number of aromatic nitrogens is 3. The topological polar surface area (TPSA) is 30.7 Å². The van der Waals surface area contributed by atoms with Crippen LogP contribution >= 0.6 is 15.9 Å². The lowest BCUT2D eigenvalue weighted by Crippen LogP contribution is -1.97. The van der Waals surface area contributed by atoms with Crippen molar-refractivity contribution >= 4 is 15.9 Å². The Hall–Kier alpha value is -1.16. The molecule has 13 heavy (non-hydrogen) atoms. The van der Waals surface area contributed by atoms with Gasteiger partial charge in [-0.3, -0.25) is 9.55 Å². The minimum absolute atomic E-state index is 0.943. The zero-order valence-electron chi connectivity index (χ0n) is 7.11. The van der Waals surface area contributed by atoms with Crippen LogP contribution in [0.1, 0.15) is 5.82 Å². The lowest BCUT2D eigenvalue weighted by atomic mass is 10.4. The molecule has 0 aliphatic rings. The number of pyridine rings is 1. The third kappa shape index (κ3) is 1.49. The first-order valence-corrected chi connectivity index (χ1v) is 4.68. The van der Waals surface area contributed by atoms with E-state index in [2.05, 4.69) is 25.9 Å². The summed E-state index contributed by atoms with van der Waals surface area (Å²) in [5.74, 6) is 0.944. The van der Waals surface area contributed by atoms with Gasteiger partial charge in [0.2, 0.25) is 0 Å². The molecule has 0 N–H and O–H groups in total. The van der Waals surface area contributed by atoms with Gasteiger partial charge in [-0.2, -0.15) is 0 Å². The van der Waals surface area contributed by atoms with Gasteiger partial charge in [0.25, 0.3) is 0 Å². The second-order valence-electron chi connectivity index (χ2n) is 2.67. The molecule has 0 saturated carbocycles. The molecule has 0 aromatic carbocycles. The third-order valence-electron chi connectivity index (χ3n) is 1.80. The van der Waals surface area contributed by atoms with Crippen molar-refractivity contribution in [3.05, 3.63) is 41.2 Å². The van der Waals surface area contributed by atoms with Crippen LogP contribution in [0.2, 0.25) is 0 Å². The summed E-state index contributed by atoms with van der Waals surface area (Å²) in [4.78, 5) is 8.23. The Morgan fingerprint density at radius 3 is 2.77 bits per heavy atom. The summed E-state index contributed by atoms with van der Waals surface area (Å²) in [5, 5.41) is 0. The van der Waals surface area contributed by atoms with Crippen LogP contribution in [0.25, 0.3) is 5.69 Å². The van der Waals surface area contributed by atoms with Crippen LogP contribution in [0, 0.1) is 6.92 Å². The SMILES string of the molecule is Cc1ncc(Br)n1-c1cccnc1. The molecule has 2 heterocycles. The maximum Gasteiger partial charge on any atom is 0.111 e. The van der Waals surface area contributed by atoms with Gasteiger partial charge in [-0.15, -0.1) is 0 Å². The van der Waals surface area contributed by atoms with Crippen LogP contribution in [0.4, 0.5) is 0 Å². The lowest BCUT2D eigenvalue weighted by molar-refractivity contribution is 0.948. The molecule has 0 unspecified atom stereocenters. The molecule has 66 valence electrons. The van der Waals surface area contributed by atoms with Gasteiger partial charge in [0.1, 0.15) is 10.4 Å². The molecule has 0 aliphatic heterocycles. The fourth-order valence-corrected chi connectivity index (χ4v) is 1.78. The zero-order chi connectivity index (χ0) is 9.26. The van der Waals surface area contributed by atoms with E-state index in [1.54, 1.807) is 18.6 Å². The summed E-state index contributed by atoms with van der Waals surface area (Å²) in [5.41, 5.74) is 1.02. The van der Waals surface area contributed by atoms with Crippen molar-refractivity contribution in [3.8, 4) is 5.69 Å². The fraction of sp³-hybridized carbons (Fsp3) is 0.111. The van der Waals surface area contributed by atoms with Crippen molar-refractivity contribution in [1.29, 1.82) is 0 Å². The highest BCUT2D eigenvalue weighted by Crippen LogP contribution is 2.17. The van der Waals surface area contributed by atoms with Crippen molar-refractivity contribution < 1.29 is 0 Å². The molecular weight excluding hydrogens is 230 g/mol. The Labute approximate surface area is 84.6 Å². The minimum atomic E-state index is 0.943. The molecule has 0 atom stereocenters. The quantitative estimate of drug-likeness (QED) is 0.763.